The predicted molar refractivity (Wildman–Crippen MR) is 142 cm³/mol. The number of anilines is 1. The number of nitrogens with one attached hydrogen (secondary N) is 1. The van der Waals surface area contributed by atoms with E-state index in [0.29, 0.717) is 31.1 Å². The van der Waals surface area contributed by atoms with Gasteiger partial charge in [-0.05, 0) is 69.1 Å². The second-order valence-corrected chi connectivity index (χ2v) is 11.7. The first-order valence-corrected chi connectivity index (χ1v) is 14.5. The van der Waals surface area contributed by atoms with E-state index in [1.54, 1.807) is 11.1 Å². The van der Waals surface area contributed by atoms with Crippen molar-refractivity contribution < 1.29 is 4.74 Å². The molecule has 1 unspecified atom stereocenters. The van der Waals surface area contributed by atoms with Crippen molar-refractivity contribution >= 4 is 5.82 Å². The van der Waals surface area contributed by atoms with Crippen LogP contribution in [-0.4, -0.2) is 76.7 Å². The van der Waals surface area contributed by atoms with Crippen LogP contribution in [0.2, 0.25) is 0 Å². The smallest absolute Gasteiger partial charge is 0.318 e. The van der Waals surface area contributed by atoms with Gasteiger partial charge in [-0.3, -0.25) is 9.80 Å². The fourth-order valence-corrected chi connectivity index (χ4v) is 7.37. The number of nitriles is 1. The van der Waals surface area contributed by atoms with Gasteiger partial charge in [-0.2, -0.15) is 15.2 Å². The van der Waals surface area contributed by atoms with Gasteiger partial charge < -0.3 is 15.0 Å². The highest BCUT2D eigenvalue weighted by Gasteiger charge is 2.39. The van der Waals surface area contributed by atoms with Crippen molar-refractivity contribution in [2.24, 2.45) is 0 Å². The van der Waals surface area contributed by atoms with Gasteiger partial charge in [-0.25, -0.2) is 0 Å². The van der Waals surface area contributed by atoms with E-state index in [-0.39, 0.29) is 6.04 Å². The second kappa shape index (κ2) is 10.0. The van der Waals surface area contributed by atoms with E-state index in [9.17, 15) is 5.26 Å². The molecule has 2 saturated heterocycles. The number of hydrogen-bond donors (Lipinski definition) is 1. The van der Waals surface area contributed by atoms with E-state index >= 15 is 0 Å². The van der Waals surface area contributed by atoms with Gasteiger partial charge in [0.05, 0.1) is 18.2 Å². The lowest BCUT2D eigenvalue weighted by Crippen LogP contribution is -2.51. The molecule has 4 heterocycles. The molecule has 1 aromatic rings. The van der Waals surface area contributed by atoms with Crippen molar-refractivity contribution in [1.29, 1.82) is 5.26 Å². The summed E-state index contributed by atoms with van der Waals surface area (Å²) in [5.41, 5.74) is 5.63. The molecule has 6 aliphatic rings. The molecule has 3 aliphatic heterocycles. The van der Waals surface area contributed by atoms with E-state index in [2.05, 4.69) is 38.2 Å². The maximum atomic E-state index is 9.29. The minimum atomic E-state index is 0.174. The van der Waals surface area contributed by atoms with E-state index < -0.39 is 0 Å². The Kier molecular flexibility index (Phi) is 6.39. The molecule has 1 saturated carbocycles. The monoisotopic (exact) mass is 501 g/mol. The summed E-state index contributed by atoms with van der Waals surface area (Å²) >= 11 is 0. The molecule has 3 fully saturated rings. The summed E-state index contributed by atoms with van der Waals surface area (Å²) in [6, 6.07) is 4.85. The average molecular weight is 502 g/mol. The Bertz CT molecular complexity index is 1140. The van der Waals surface area contributed by atoms with Crippen LogP contribution in [0, 0.1) is 11.3 Å². The summed E-state index contributed by atoms with van der Waals surface area (Å²) in [5, 5.41) is 12.8. The van der Waals surface area contributed by atoms with Crippen LogP contribution in [0.5, 0.6) is 6.01 Å². The summed E-state index contributed by atoms with van der Waals surface area (Å²) in [7, 11) is 0. The molecule has 3 aliphatic carbocycles. The lowest BCUT2D eigenvalue weighted by Gasteiger charge is -2.34. The van der Waals surface area contributed by atoms with Gasteiger partial charge >= 0.3 is 6.01 Å². The maximum Gasteiger partial charge on any atom is 0.318 e. The molecule has 7 rings (SSSR count). The number of likely N-dealkylation sites (tertiary alicyclic amines) is 1. The highest BCUT2D eigenvalue weighted by atomic mass is 16.5. The zero-order chi connectivity index (χ0) is 24.8. The molecular formula is C29H39N7O. The number of nitrogens with zero attached hydrogens (tertiary/aromatic N) is 6. The Hall–Kier alpha value is -2.47. The van der Waals surface area contributed by atoms with Crippen LogP contribution in [0.3, 0.4) is 0 Å². The van der Waals surface area contributed by atoms with Crippen molar-refractivity contribution in [2.75, 3.05) is 37.7 Å². The lowest BCUT2D eigenvalue weighted by molar-refractivity contribution is 0.158. The van der Waals surface area contributed by atoms with Crippen molar-refractivity contribution in [3.8, 4) is 12.1 Å². The third-order valence-electron chi connectivity index (χ3n) is 9.34. The first-order chi connectivity index (χ1) is 18.3. The largest absolute Gasteiger partial charge is 0.462 e. The molecule has 37 heavy (non-hydrogen) atoms. The van der Waals surface area contributed by atoms with Crippen LogP contribution in [0.15, 0.2) is 23.3 Å². The molecule has 1 N–H and O–H groups in total. The summed E-state index contributed by atoms with van der Waals surface area (Å²) in [4.78, 5) is 17.8. The molecule has 8 nitrogen and oxygen atoms in total. The first-order valence-electron chi connectivity index (χ1n) is 14.5. The number of ether oxygens (including phenoxy) is 1. The summed E-state index contributed by atoms with van der Waals surface area (Å²) in [5.74, 6) is 1.04. The lowest BCUT2D eigenvalue weighted by atomic mass is 9.97. The molecule has 1 aromatic heterocycles. The number of allylic oxidation sites excluding steroid dienone is 3. The van der Waals surface area contributed by atoms with Gasteiger partial charge in [0.1, 0.15) is 12.4 Å². The number of rotatable bonds is 7. The van der Waals surface area contributed by atoms with Crippen LogP contribution in [0.4, 0.5) is 5.82 Å². The van der Waals surface area contributed by atoms with Gasteiger partial charge in [-0.15, -0.1) is 0 Å². The molecule has 0 radical (unpaired) electrons. The van der Waals surface area contributed by atoms with E-state index in [1.807, 2.05) is 0 Å². The van der Waals surface area contributed by atoms with Crippen LogP contribution >= 0.6 is 0 Å². The Morgan fingerprint density at radius 2 is 2.05 bits per heavy atom. The highest BCUT2D eigenvalue weighted by molar-refractivity contribution is 5.53. The molecule has 8 heteroatoms. The number of piperazine rings is 1. The SMILES string of the molecule is N#CC[C@H]1CN(c2nc(OC[C@@H]3CCCN3C3CC3)nc3c2CN(C2CCC4=C2CCC=C4)C3)CCN1. The fourth-order valence-electron chi connectivity index (χ4n) is 7.37. The molecule has 3 atom stereocenters. The number of hydrogen-bond acceptors (Lipinski definition) is 8. The van der Waals surface area contributed by atoms with Crippen molar-refractivity contribution in [3.05, 3.63) is 34.6 Å². The Balaban J connectivity index is 1.14. The van der Waals surface area contributed by atoms with Crippen LogP contribution in [0.25, 0.3) is 0 Å². The predicted octanol–water partition coefficient (Wildman–Crippen LogP) is 3.30. The molecular weight excluding hydrogens is 462 g/mol. The van der Waals surface area contributed by atoms with E-state index in [0.717, 1.165) is 50.3 Å². The number of fused-ring (bicyclic) bond motifs is 1. The van der Waals surface area contributed by atoms with Gasteiger partial charge in [0.15, 0.2) is 0 Å². The molecule has 0 spiro atoms. The first kappa shape index (κ1) is 23.6. The van der Waals surface area contributed by atoms with Crippen LogP contribution in [0.1, 0.15) is 69.0 Å². The maximum absolute atomic E-state index is 9.29. The van der Waals surface area contributed by atoms with Crippen molar-refractivity contribution in [3.63, 3.8) is 0 Å². The summed E-state index contributed by atoms with van der Waals surface area (Å²) in [6.07, 6.45) is 15.2. The molecule has 0 bridgehead atoms. The molecule has 0 aromatic carbocycles. The minimum absolute atomic E-state index is 0.174. The Morgan fingerprint density at radius 1 is 1.11 bits per heavy atom. The van der Waals surface area contributed by atoms with Crippen molar-refractivity contribution in [1.82, 2.24) is 25.1 Å². The quantitative estimate of drug-likeness (QED) is 0.610. The Morgan fingerprint density at radius 3 is 2.95 bits per heavy atom. The van der Waals surface area contributed by atoms with Crippen LogP contribution in [-0.2, 0) is 13.1 Å². The fraction of sp³-hybridized carbons (Fsp3) is 0.690. The van der Waals surface area contributed by atoms with Gasteiger partial charge in [0.25, 0.3) is 0 Å². The second-order valence-electron chi connectivity index (χ2n) is 11.7. The zero-order valence-electron chi connectivity index (χ0n) is 21.9. The Labute approximate surface area is 220 Å². The normalized spacial score (nSPS) is 30.0. The molecule has 0 amide bonds. The average Bonchev–Trinajstić information content (AvgIpc) is 3.31. The standard InChI is InChI=1S/C29H39N7O/c30-12-11-21-16-34(15-13-31-21)28-25-17-35(27-10-7-20-4-1-2-6-24(20)27)18-26(25)32-29(33-28)37-19-23-5-3-14-36(23)22-8-9-22/h1,4,21-23,27,31H,2-3,5-11,13-19H2/t21-,23-,27?/m0/s1. The van der Waals surface area contributed by atoms with Gasteiger partial charge in [0, 0.05) is 62.5 Å². The zero-order valence-corrected chi connectivity index (χ0v) is 21.9. The van der Waals surface area contributed by atoms with Gasteiger partial charge in [-0.1, -0.05) is 12.2 Å². The summed E-state index contributed by atoms with van der Waals surface area (Å²) in [6.45, 7) is 6.24. The number of aromatic nitrogens is 2. The van der Waals surface area contributed by atoms with Crippen LogP contribution < -0.4 is 15.0 Å². The van der Waals surface area contributed by atoms with E-state index in [1.165, 1.54) is 63.5 Å². The third-order valence-corrected chi connectivity index (χ3v) is 9.34. The third kappa shape index (κ3) is 4.67. The molecule has 196 valence electrons. The highest BCUT2D eigenvalue weighted by Crippen LogP contribution is 2.41. The topological polar surface area (TPSA) is 80.5 Å². The minimum Gasteiger partial charge on any atom is -0.462 e. The summed E-state index contributed by atoms with van der Waals surface area (Å²) < 4.78 is 6.38. The van der Waals surface area contributed by atoms with E-state index in [4.69, 9.17) is 14.7 Å². The van der Waals surface area contributed by atoms with Gasteiger partial charge in [0.2, 0.25) is 0 Å². The van der Waals surface area contributed by atoms with Crippen molar-refractivity contribution in [2.45, 2.75) is 95.0 Å².